The number of benzene rings is 1. The molecule has 20 heavy (non-hydrogen) atoms. The molecular formula is C16H16ClN3. The van der Waals surface area contributed by atoms with E-state index in [9.17, 15) is 0 Å². The summed E-state index contributed by atoms with van der Waals surface area (Å²) >= 11 is 6.11. The van der Waals surface area contributed by atoms with Gasteiger partial charge >= 0.3 is 0 Å². The molecule has 0 saturated carbocycles. The maximum atomic E-state index is 6.11. The smallest absolute Gasteiger partial charge is 0.163 e. The van der Waals surface area contributed by atoms with Gasteiger partial charge in [-0.2, -0.15) is 0 Å². The Balaban J connectivity index is 1.85. The molecule has 1 aromatic carbocycles. The number of rotatable bonds is 3. The first-order chi connectivity index (χ1) is 9.81. The monoisotopic (exact) mass is 285 g/mol. The van der Waals surface area contributed by atoms with E-state index in [4.69, 9.17) is 11.6 Å². The van der Waals surface area contributed by atoms with Crippen LogP contribution < -0.4 is 5.32 Å². The van der Waals surface area contributed by atoms with Gasteiger partial charge in [0.05, 0.1) is 0 Å². The Morgan fingerprint density at radius 3 is 2.70 bits per heavy atom. The van der Waals surface area contributed by atoms with Crippen LogP contribution in [0.4, 0.5) is 5.82 Å². The van der Waals surface area contributed by atoms with Crippen molar-refractivity contribution in [1.29, 1.82) is 0 Å². The van der Waals surface area contributed by atoms with Crippen LogP contribution >= 0.6 is 11.6 Å². The van der Waals surface area contributed by atoms with Crippen LogP contribution in [0.15, 0.2) is 48.6 Å². The van der Waals surface area contributed by atoms with Crippen LogP contribution in [0.25, 0.3) is 11.4 Å². The molecule has 0 spiro atoms. The lowest BCUT2D eigenvalue weighted by Crippen LogP contribution is -2.21. The molecule has 0 aliphatic heterocycles. The summed E-state index contributed by atoms with van der Waals surface area (Å²) in [5, 5.41) is 3.91. The lowest BCUT2D eigenvalue weighted by Gasteiger charge is -2.20. The molecular weight excluding hydrogens is 270 g/mol. The summed E-state index contributed by atoms with van der Waals surface area (Å²) in [6, 6.07) is 12.1. The number of halogens is 1. The third-order valence-corrected chi connectivity index (χ3v) is 3.54. The Kier molecular flexibility index (Phi) is 3.97. The molecule has 3 nitrogen and oxygen atoms in total. The highest BCUT2D eigenvalue weighted by Crippen LogP contribution is 2.22. The Bertz CT molecular complexity index is 610. The summed E-state index contributed by atoms with van der Waals surface area (Å²) in [4.78, 5) is 8.86. The average Bonchev–Trinajstić information content (AvgIpc) is 2.49. The van der Waals surface area contributed by atoms with Gasteiger partial charge < -0.3 is 5.32 Å². The van der Waals surface area contributed by atoms with Gasteiger partial charge in [-0.1, -0.05) is 54.1 Å². The van der Waals surface area contributed by atoms with E-state index in [-0.39, 0.29) is 0 Å². The maximum absolute atomic E-state index is 6.11. The Labute approximate surface area is 123 Å². The number of allylic oxidation sites excluding steroid dienone is 1. The van der Waals surface area contributed by atoms with Gasteiger partial charge in [0.1, 0.15) is 11.0 Å². The van der Waals surface area contributed by atoms with E-state index in [0.717, 1.165) is 30.6 Å². The Morgan fingerprint density at radius 2 is 1.95 bits per heavy atom. The number of aromatic nitrogens is 2. The van der Waals surface area contributed by atoms with Crippen LogP contribution in [0.1, 0.15) is 19.3 Å². The zero-order chi connectivity index (χ0) is 13.8. The molecule has 1 aliphatic carbocycles. The molecule has 1 unspecified atom stereocenters. The van der Waals surface area contributed by atoms with E-state index in [1.807, 2.05) is 30.3 Å². The fraction of sp³-hybridized carbons (Fsp3) is 0.250. The van der Waals surface area contributed by atoms with Gasteiger partial charge in [0.25, 0.3) is 0 Å². The summed E-state index contributed by atoms with van der Waals surface area (Å²) in [6.45, 7) is 0. The second-order valence-corrected chi connectivity index (χ2v) is 5.28. The molecule has 0 bridgehead atoms. The number of hydrogen-bond acceptors (Lipinski definition) is 3. The van der Waals surface area contributed by atoms with E-state index in [1.54, 1.807) is 6.07 Å². The summed E-state index contributed by atoms with van der Waals surface area (Å²) < 4.78 is 0. The second-order valence-electron chi connectivity index (χ2n) is 4.89. The first kappa shape index (κ1) is 13.1. The Hall–Kier alpha value is -1.87. The van der Waals surface area contributed by atoms with E-state index in [2.05, 4.69) is 27.4 Å². The first-order valence-electron chi connectivity index (χ1n) is 6.83. The predicted octanol–water partition coefficient (Wildman–Crippen LogP) is 4.32. The molecule has 0 fully saturated rings. The molecule has 0 saturated heterocycles. The SMILES string of the molecule is Clc1cc(NC2CC=CCC2)nc(-c2ccccc2)n1. The van der Waals surface area contributed by atoms with Crippen LogP contribution in [0, 0.1) is 0 Å². The number of nitrogens with one attached hydrogen (secondary N) is 1. The minimum absolute atomic E-state index is 0.426. The van der Waals surface area contributed by atoms with Crippen LogP contribution in [0.5, 0.6) is 0 Å². The minimum Gasteiger partial charge on any atom is -0.367 e. The number of hydrogen-bond donors (Lipinski definition) is 1. The molecule has 3 rings (SSSR count). The van der Waals surface area contributed by atoms with E-state index < -0.39 is 0 Å². The molecule has 1 N–H and O–H groups in total. The average molecular weight is 286 g/mol. The molecule has 0 amide bonds. The third-order valence-electron chi connectivity index (χ3n) is 3.35. The van der Waals surface area contributed by atoms with Gasteiger partial charge in [-0.25, -0.2) is 9.97 Å². The molecule has 0 radical (unpaired) electrons. The van der Waals surface area contributed by atoms with Crippen molar-refractivity contribution >= 4 is 17.4 Å². The molecule has 2 aromatic rings. The van der Waals surface area contributed by atoms with E-state index >= 15 is 0 Å². The highest BCUT2D eigenvalue weighted by molar-refractivity contribution is 6.29. The normalized spacial score (nSPS) is 17.9. The first-order valence-corrected chi connectivity index (χ1v) is 7.20. The van der Waals surface area contributed by atoms with Crippen LogP contribution in [-0.2, 0) is 0 Å². The largest absolute Gasteiger partial charge is 0.367 e. The van der Waals surface area contributed by atoms with Gasteiger partial charge in [0, 0.05) is 17.7 Å². The number of anilines is 1. The summed E-state index contributed by atoms with van der Waals surface area (Å²) in [5.41, 5.74) is 0.974. The van der Waals surface area contributed by atoms with Gasteiger partial charge in [0.15, 0.2) is 5.82 Å². The lowest BCUT2D eigenvalue weighted by atomic mass is 10.0. The van der Waals surface area contributed by atoms with Crippen molar-refractivity contribution in [2.45, 2.75) is 25.3 Å². The number of nitrogens with zero attached hydrogens (tertiary/aromatic N) is 2. The quantitative estimate of drug-likeness (QED) is 0.674. The molecule has 1 atom stereocenters. The zero-order valence-electron chi connectivity index (χ0n) is 11.1. The van der Waals surface area contributed by atoms with Gasteiger partial charge in [-0.05, 0) is 19.3 Å². The van der Waals surface area contributed by atoms with Crippen LogP contribution in [0.2, 0.25) is 5.15 Å². The fourth-order valence-corrected chi connectivity index (χ4v) is 2.53. The van der Waals surface area contributed by atoms with Crippen molar-refractivity contribution in [3.63, 3.8) is 0 Å². The molecule has 1 aliphatic rings. The van der Waals surface area contributed by atoms with E-state index in [0.29, 0.717) is 17.0 Å². The minimum atomic E-state index is 0.426. The predicted molar refractivity (Wildman–Crippen MR) is 82.9 cm³/mol. The highest BCUT2D eigenvalue weighted by atomic mass is 35.5. The second kappa shape index (κ2) is 6.06. The molecule has 1 aromatic heterocycles. The van der Waals surface area contributed by atoms with Crippen molar-refractivity contribution in [2.24, 2.45) is 0 Å². The van der Waals surface area contributed by atoms with Crippen molar-refractivity contribution in [1.82, 2.24) is 9.97 Å². The van der Waals surface area contributed by atoms with Crippen molar-refractivity contribution in [3.8, 4) is 11.4 Å². The topological polar surface area (TPSA) is 37.8 Å². The molecule has 4 heteroatoms. The van der Waals surface area contributed by atoms with Crippen LogP contribution in [0.3, 0.4) is 0 Å². The standard InChI is InChI=1S/C16H16ClN3/c17-14-11-15(18-13-9-5-2-6-10-13)20-16(19-14)12-7-3-1-4-8-12/h1-5,7-8,11,13H,6,9-10H2,(H,18,19,20). The highest BCUT2D eigenvalue weighted by Gasteiger charge is 2.12. The van der Waals surface area contributed by atoms with Gasteiger partial charge in [0.2, 0.25) is 0 Å². The zero-order valence-corrected chi connectivity index (χ0v) is 11.8. The summed E-state index contributed by atoms with van der Waals surface area (Å²) in [6.07, 6.45) is 7.70. The van der Waals surface area contributed by atoms with Crippen molar-refractivity contribution in [3.05, 3.63) is 53.7 Å². The van der Waals surface area contributed by atoms with Gasteiger partial charge in [-0.3, -0.25) is 0 Å². The Morgan fingerprint density at radius 1 is 1.10 bits per heavy atom. The third kappa shape index (κ3) is 3.17. The fourth-order valence-electron chi connectivity index (χ4n) is 2.34. The summed E-state index contributed by atoms with van der Waals surface area (Å²) in [5.74, 6) is 1.45. The van der Waals surface area contributed by atoms with Crippen molar-refractivity contribution < 1.29 is 0 Å². The van der Waals surface area contributed by atoms with Crippen molar-refractivity contribution in [2.75, 3.05) is 5.32 Å². The summed E-state index contributed by atoms with van der Waals surface area (Å²) in [7, 11) is 0. The maximum Gasteiger partial charge on any atom is 0.163 e. The lowest BCUT2D eigenvalue weighted by molar-refractivity contribution is 0.642. The molecule has 1 heterocycles. The van der Waals surface area contributed by atoms with Gasteiger partial charge in [-0.15, -0.1) is 0 Å². The molecule has 102 valence electrons. The van der Waals surface area contributed by atoms with E-state index in [1.165, 1.54) is 0 Å². The van der Waals surface area contributed by atoms with Crippen LogP contribution in [-0.4, -0.2) is 16.0 Å².